The average Bonchev–Trinajstić information content (AvgIpc) is 2.20. The minimum Gasteiger partial charge on any atom is -0.336 e. The van der Waals surface area contributed by atoms with E-state index in [4.69, 9.17) is 0 Å². The first-order chi connectivity index (χ1) is 7.87. The molecule has 0 aromatic rings. The third-order valence-corrected chi connectivity index (χ3v) is 1.95. The van der Waals surface area contributed by atoms with E-state index in [9.17, 15) is 35.9 Å². The van der Waals surface area contributed by atoms with Crippen LogP contribution < -0.4 is 0 Å². The predicted molar refractivity (Wildman–Crippen MR) is 47.4 cm³/mol. The summed E-state index contributed by atoms with van der Waals surface area (Å²) in [6.07, 6.45) is -10.2. The second-order valence-electron chi connectivity index (χ2n) is 3.45. The molecule has 2 amide bonds. The lowest BCUT2D eigenvalue weighted by atomic mass is 10.4. The van der Waals surface area contributed by atoms with Crippen LogP contribution in [0.3, 0.4) is 0 Å². The van der Waals surface area contributed by atoms with Crippen molar-refractivity contribution in [3.63, 3.8) is 0 Å². The molecule has 0 saturated heterocycles. The molecule has 0 unspecified atom stereocenters. The first-order valence-electron chi connectivity index (χ1n) is 4.52. The number of nitrogens with zero attached hydrogens (tertiary/aromatic N) is 2. The number of alkyl halides is 6. The molecule has 0 heterocycles. The Kier molecular flexibility index (Phi) is 4.99. The van der Waals surface area contributed by atoms with E-state index >= 15 is 0 Å². The molecule has 0 saturated carbocycles. The summed E-state index contributed by atoms with van der Waals surface area (Å²) in [4.78, 5) is 21.6. The number of carbonyl (C=O) groups excluding carboxylic acids is 2. The summed E-state index contributed by atoms with van der Waals surface area (Å²) in [5, 5.41) is 0. The molecule has 10 heteroatoms. The molecule has 0 spiro atoms. The molecule has 0 aliphatic heterocycles. The van der Waals surface area contributed by atoms with Crippen molar-refractivity contribution < 1.29 is 35.9 Å². The van der Waals surface area contributed by atoms with Crippen LogP contribution in [0.2, 0.25) is 0 Å². The minimum atomic E-state index is -5.10. The molecule has 0 aromatic heterocycles. The van der Waals surface area contributed by atoms with Gasteiger partial charge < -0.3 is 9.80 Å². The maximum Gasteiger partial charge on any atom is 0.471 e. The van der Waals surface area contributed by atoms with Gasteiger partial charge in [0.1, 0.15) is 0 Å². The number of likely N-dealkylation sites (N-methyl/N-ethyl adjacent to an activating group) is 2. The van der Waals surface area contributed by atoms with Crippen LogP contribution in [-0.2, 0) is 9.59 Å². The molecule has 0 atom stereocenters. The lowest BCUT2D eigenvalue weighted by molar-refractivity contribution is -0.187. The van der Waals surface area contributed by atoms with Crippen molar-refractivity contribution in [2.45, 2.75) is 12.4 Å². The van der Waals surface area contributed by atoms with E-state index in [1.54, 1.807) is 0 Å². The molecular formula is C8H10F6N2O2. The highest BCUT2D eigenvalue weighted by molar-refractivity contribution is 5.82. The topological polar surface area (TPSA) is 40.6 Å². The van der Waals surface area contributed by atoms with E-state index in [1.807, 2.05) is 0 Å². The lowest BCUT2D eigenvalue weighted by Gasteiger charge is -2.23. The summed E-state index contributed by atoms with van der Waals surface area (Å²) < 4.78 is 71.5. The Morgan fingerprint density at radius 1 is 0.778 bits per heavy atom. The van der Waals surface area contributed by atoms with Crippen LogP contribution in [0, 0.1) is 0 Å². The average molecular weight is 280 g/mol. The number of hydrogen-bond acceptors (Lipinski definition) is 2. The van der Waals surface area contributed by atoms with Gasteiger partial charge in [-0.1, -0.05) is 0 Å². The van der Waals surface area contributed by atoms with E-state index in [2.05, 4.69) is 0 Å². The van der Waals surface area contributed by atoms with Crippen molar-refractivity contribution in [2.75, 3.05) is 27.2 Å². The predicted octanol–water partition coefficient (Wildman–Crippen LogP) is 1.03. The molecule has 0 aromatic carbocycles. The van der Waals surface area contributed by atoms with Crippen molar-refractivity contribution >= 4 is 11.8 Å². The zero-order valence-electron chi connectivity index (χ0n) is 9.39. The zero-order chi connectivity index (χ0) is 14.7. The van der Waals surface area contributed by atoms with E-state index in [0.717, 1.165) is 14.1 Å². The van der Waals surface area contributed by atoms with Crippen LogP contribution in [0.15, 0.2) is 0 Å². The summed E-state index contributed by atoms with van der Waals surface area (Å²) in [6.45, 7) is -1.31. The highest BCUT2D eigenvalue weighted by atomic mass is 19.4. The second kappa shape index (κ2) is 5.44. The Morgan fingerprint density at radius 2 is 1.00 bits per heavy atom. The first kappa shape index (κ1) is 16.5. The fourth-order valence-corrected chi connectivity index (χ4v) is 0.936. The first-order valence-corrected chi connectivity index (χ1v) is 4.52. The van der Waals surface area contributed by atoms with Gasteiger partial charge in [-0.05, 0) is 0 Å². The highest BCUT2D eigenvalue weighted by Crippen LogP contribution is 2.19. The number of hydrogen-bond donors (Lipinski definition) is 0. The van der Waals surface area contributed by atoms with Crippen LogP contribution in [0.4, 0.5) is 26.3 Å². The van der Waals surface area contributed by atoms with Gasteiger partial charge in [-0.15, -0.1) is 0 Å². The maximum absolute atomic E-state index is 11.9. The summed E-state index contributed by atoms with van der Waals surface area (Å²) in [5.41, 5.74) is 0. The Bertz CT molecular complexity index is 293. The van der Waals surface area contributed by atoms with E-state index in [0.29, 0.717) is 0 Å². The molecule has 4 nitrogen and oxygen atoms in total. The fraction of sp³-hybridized carbons (Fsp3) is 0.750. The Morgan fingerprint density at radius 3 is 1.17 bits per heavy atom. The molecule has 0 bridgehead atoms. The maximum atomic E-state index is 11.9. The lowest BCUT2D eigenvalue weighted by Crippen LogP contribution is -2.45. The summed E-state index contributed by atoms with van der Waals surface area (Å²) in [5.74, 6) is -4.37. The van der Waals surface area contributed by atoms with E-state index < -0.39 is 37.3 Å². The summed E-state index contributed by atoms with van der Waals surface area (Å²) >= 11 is 0. The van der Waals surface area contributed by atoms with Gasteiger partial charge in [0.2, 0.25) is 0 Å². The summed E-state index contributed by atoms with van der Waals surface area (Å²) in [6, 6.07) is 0. The second-order valence-corrected chi connectivity index (χ2v) is 3.45. The molecule has 0 N–H and O–H groups in total. The quantitative estimate of drug-likeness (QED) is 0.724. The van der Waals surface area contributed by atoms with Crippen LogP contribution in [0.5, 0.6) is 0 Å². The molecule has 0 fully saturated rings. The number of halogens is 6. The van der Waals surface area contributed by atoms with Crippen LogP contribution in [-0.4, -0.2) is 61.2 Å². The van der Waals surface area contributed by atoms with Gasteiger partial charge in [-0.2, -0.15) is 26.3 Å². The van der Waals surface area contributed by atoms with Gasteiger partial charge in [0.25, 0.3) is 0 Å². The molecule has 18 heavy (non-hydrogen) atoms. The van der Waals surface area contributed by atoms with Crippen LogP contribution in [0.25, 0.3) is 0 Å². The summed E-state index contributed by atoms with van der Waals surface area (Å²) in [7, 11) is 1.56. The van der Waals surface area contributed by atoms with Crippen LogP contribution >= 0.6 is 0 Å². The van der Waals surface area contributed by atoms with Crippen molar-refractivity contribution in [2.24, 2.45) is 0 Å². The van der Waals surface area contributed by atoms with Gasteiger partial charge in [0.15, 0.2) is 0 Å². The van der Waals surface area contributed by atoms with Gasteiger partial charge >= 0.3 is 24.2 Å². The van der Waals surface area contributed by atoms with E-state index in [1.165, 1.54) is 0 Å². The van der Waals surface area contributed by atoms with E-state index in [-0.39, 0.29) is 9.80 Å². The zero-order valence-corrected chi connectivity index (χ0v) is 9.39. The third kappa shape index (κ3) is 4.80. The Balaban J connectivity index is 4.35. The molecule has 0 radical (unpaired) electrons. The SMILES string of the molecule is CN(CCN(C)C(=O)C(F)(F)F)C(=O)C(F)(F)F. The van der Waals surface area contributed by atoms with Gasteiger partial charge in [0.05, 0.1) is 0 Å². The van der Waals surface area contributed by atoms with Crippen molar-refractivity contribution in [1.29, 1.82) is 0 Å². The van der Waals surface area contributed by atoms with Gasteiger partial charge in [-0.25, -0.2) is 0 Å². The molecule has 0 aliphatic rings. The number of carbonyl (C=O) groups is 2. The fourth-order valence-electron chi connectivity index (χ4n) is 0.936. The molecule has 0 aliphatic carbocycles. The van der Waals surface area contributed by atoms with Crippen molar-refractivity contribution in [1.82, 2.24) is 9.80 Å². The monoisotopic (exact) mass is 280 g/mol. The third-order valence-electron chi connectivity index (χ3n) is 1.95. The van der Waals surface area contributed by atoms with Crippen molar-refractivity contribution in [3.8, 4) is 0 Å². The van der Waals surface area contributed by atoms with Gasteiger partial charge in [-0.3, -0.25) is 9.59 Å². The molecule has 0 rings (SSSR count). The Labute approximate surface area is 98.1 Å². The molecule has 106 valence electrons. The minimum absolute atomic E-state index is 0.195. The molecular weight excluding hydrogens is 270 g/mol. The largest absolute Gasteiger partial charge is 0.471 e. The standard InChI is InChI=1S/C8H10F6N2O2/c1-15(5(17)7(9,10)11)3-4-16(2)6(18)8(12,13)14/h3-4H2,1-2H3. The number of rotatable bonds is 3. The van der Waals surface area contributed by atoms with Crippen molar-refractivity contribution in [3.05, 3.63) is 0 Å². The number of amides is 2. The van der Waals surface area contributed by atoms with Gasteiger partial charge in [0, 0.05) is 27.2 Å². The Hall–Kier alpha value is -1.48. The van der Waals surface area contributed by atoms with Crippen LogP contribution in [0.1, 0.15) is 0 Å². The smallest absolute Gasteiger partial charge is 0.336 e. The highest BCUT2D eigenvalue weighted by Gasteiger charge is 2.43. The normalized spacial score (nSPS) is 12.2.